The predicted octanol–water partition coefficient (Wildman–Crippen LogP) is 2.30. The second-order valence-corrected chi connectivity index (χ2v) is 6.94. The summed E-state index contributed by atoms with van der Waals surface area (Å²) in [4.78, 5) is 25.6. The summed E-state index contributed by atoms with van der Waals surface area (Å²) in [5.74, 6) is 11.8. The lowest BCUT2D eigenvalue weighted by Gasteiger charge is -2.23. The second kappa shape index (κ2) is 9.10. The molecule has 9 nitrogen and oxygen atoms in total. The normalized spacial score (nSPS) is 11.4. The van der Waals surface area contributed by atoms with E-state index in [1.54, 1.807) is 42.9 Å². The third kappa shape index (κ3) is 4.58. The van der Waals surface area contributed by atoms with Crippen molar-refractivity contribution < 1.29 is 4.79 Å². The van der Waals surface area contributed by atoms with Crippen molar-refractivity contribution in [3.05, 3.63) is 71.9 Å². The van der Waals surface area contributed by atoms with Crippen LogP contribution >= 0.6 is 0 Å². The number of nitrogens with zero attached hydrogens (tertiary/aromatic N) is 5. The summed E-state index contributed by atoms with van der Waals surface area (Å²) in [5.41, 5.74) is 3.45. The minimum Gasteiger partial charge on any atom is -0.321 e. The predicted molar refractivity (Wildman–Crippen MR) is 116 cm³/mol. The van der Waals surface area contributed by atoms with Crippen molar-refractivity contribution in [1.29, 1.82) is 0 Å². The van der Waals surface area contributed by atoms with Gasteiger partial charge in [-0.3, -0.25) is 19.8 Å². The van der Waals surface area contributed by atoms with Crippen LogP contribution in [0.3, 0.4) is 0 Å². The van der Waals surface area contributed by atoms with Crippen LogP contribution in [-0.4, -0.2) is 37.7 Å². The molecule has 0 aliphatic carbocycles. The molecule has 3 rings (SSSR count). The van der Waals surface area contributed by atoms with Gasteiger partial charge < -0.3 is 11.2 Å². The van der Waals surface area contributed by atoms with Gasteiger partial charge in [-0.1, -0.05) is 12.1 Å². The van der Waals surface area contributed by atoms with Crippen molar-refractivity contribution in [3.8, 4) is 11.1 Å². The van der Waals surface area contributed by atoms with Crippen LogP contribution in [0, 0.1) is 6.92 Å². The Morgan fingerprint density at radius 3 is 2.63 bits per heavy atom. The van der Waals surface area contributed by atoms with Gasteiger partial charge in [0.1, 0.15) is 17.2 Å². The van der Waals surface area contributed by atoms with Crippen molar-refractivity contribution in [2.45, 2.75) is 26.8 Å². The molecule has 154 valence electrons. The van der Waals surface area contributed by atoms with Gasteiger partial charge in [-0.05, 0) is 56.2 Å². The molecule has 1 amide bonds. The lowest BCUT2D eigenvalue weighted by molar-refractivity contribution is 0.102. The Hall–Kier alpha value is -3.85. The first-order valence-corrected chi connectivity index (χ1v) is 9.38. The van der Waals surface area contributed by atoms with Gasteiger partial charge in [0.15, 0.2) is 5.84 Å². The third-order valence-corrected chi connectivity index (χ3v) is 4.45. The van der Waals surface area contributed by atoms with Gasteiger partial charge in [0.25, 0.3) is 5.91 Å². The highest BCUT2D eigenvalue weighted by atomic mass is 16.1. The average molecular weight is 404 g/mol. The molecular weight excluding hydrogens is 380 g/mol. The summed E-state index contributed by atoms with van der Waals surface area (Å²) < 4.78 is 0. The number of aromatic nitrogens is 3. The highest BCUT2D eigenvalue weighted by Crippen LogP contribution is 2.23. The first-order valence-electron chi connectivity index (χ1n) is 9.38. The van der Waals surface area contributed by atoms with E-state index in [9.17, 15) is 4.79 Å². The van der Waals surface area contributed by atoms with Crippen molar-refractivity contribution in [2.24, 2.45) is 16.8 Å². The number of hydrogen-bond acceptors (Lipinski definition) is 7. The maximum atomic E-state index is 12.8. The smallest absolute Gasteiger partial charge is 0.275 e. The number of carbonyl (C=O) groups excluding carboxylic acids is 1. The Balaban J connectivity index is 1.85. The van der Waals surface area contributed by atoms with Crippen LogP contribution in [0.15, 0.2) is 60.1 Å². The SMILES string of the molecule is Cc1cnc(C(=O)Nc2cccc(/C(=N/N)N(N)C(C)C)n2)cc1-c1cccnc1. The van der Waals surface area contributed by atoms with E-state index in [1.807, 2.05) is 32.9 Å². The summed E-state index contributed by atoms with van der Waals surface area (Å²) in [6.07, 6.45) is 5.11. The van der Waals surface area contributed by atoms with E-state index in [1.165, 1.54) is 5.01 Å². The lowest BCUT2D eigenvalue weighted by Crippen LogP contribution is -2.44. The third-order valence-electron chi connectivity index (χ3n) is 4.45. The molecule has 0 saturated heterocycles. The molecule has 0 spiro atoms. The molecule has 3 heterocycles. The van der Waals surface area contributed by atoms with Crippen LogP contribution in [0.1, 0.15) is 35.6 Å². The zero-order valence-corrected chi connectivity index (χ0v) is 17.1. The molecule has 5 N–H and O–H groups in total. The summed E-state index contributed by atoms with van der Waals surface area (Å²) in [7, 11) is 0. The Morgan fingerprint density at radius 2 is 1.97 bits per heavy atom. The molecule has 9 heteroatoms. The van der Waals surface area contributed by atoms with E-state index in [-0.39, 0.29) is 17.6 Å². The Kier molecular flexibility index (Phi) is 6.33. The van der Waals surface area contributed by atoms with E-state index >= 15 is 0 Å². The fraction of sp³-hybridized carbons (Fsp3) is 0.190. The molecule has 0 atom stereocenters. The van der Waals surface area contributed by atoms with E-state index in [4.69, 9.17) is 11.7 Å². The number of nitrogens with one attached hydrogen (secondary N) is 1. The quantitative estimate of drug-likeness (QED) is 0.257. The van der Waals surface area contributed by atoms with Gasteiger partial charge in [-0.2, -0.15) is 5.10 Å². The van der Waals surface area contributed by atoms with Crippen molar-refractivity contribution >= 4 is 17.6 Å². The van der Waals surface area contributed by atoms with Gasteiger partial charge in [0.05, 0.1) is 0 Å². The standard InChI is InChI=1S/C21H24N8O/c1-13(2)29(23)20(28-22)17-7-4-8-19(26-17)27-21(30)18-10-16(14(3)11-25-18)15-6-5-9-24-12-15/h4-13H,22-23H2,1-3H3,(H,26,27,30)/b28-20-. The minimum absolute atomic E-state index is 0.0324. The number of aryl methyl sites for hydroxylation is 1. The van der Waals surface area contributed by atoms with E-state index in [0.29, 0.717) is 17.3 Å². The molecule has 30 heavy (non-hydrogen) atoms. The summed E-state index contributed by atoms with van der Waals surface area (Å²) >= 11 is 0. The molecule has 0 aliphatic rings. The number of nitrogens with two attached hydrogens (primary N) is 2. The van der Waals surface area contributed by atoms with Crippen LogP contribution in [-0.2, 0) is 0 Å². The summed E-state index contributed by atoms with van der Waals surface area (Å²) in [5, 5.41) is 7.91. The van der Waals surface area contributed by atoms with Crippen molar-refractivity contribution in [1.82, 2.24) is 20.0 Å². The second-order valence-electron chi connectivity index (χ2n) is 6.94. The monoisotopic (exact) mass is 404 g/mol. The molecular formula is C21H24N8O. The number of amides is 1. The Morgan fingerprint density at radius 1 is 1.17 bits per heavy atom. The highest BCUT2D eigenvalue weighted by Gasteiger charge is 2.17. The summed E-state index contributed by atoms with van der Waals surface area (Å²) in [6, 6.07) is 10.6. The van der Waals surface area contributed by atoms with E-state index in [0.717, 1.165) is 16.7 Å². The summed E-state index contributed by atoms with van der Waals surface area (Å²) in [6.45, 7) is 5.74. The van der Waals surface area contributed by atoms with Crippen LogP contribution in [0.2, 0.25) is 0 Å². The average Bonchev–Trinajstić information content (AvgIpc) is 2.75. The molecule has 0 saturated carbocycles. The topological polar surface area (TPSA) is 135 Å². The van der Waals surface area contributed by atoms with Crippen LogP contribution in [0.5, 0.6) is 0 Å². The van der Waals surface area contributed by atoms with Gasteiger partial charge >= 0.3 is 0 Å². The number of hydrazine groups is 1. The first-order chi connectivity index (χ1) is 14.4. The Bertz CT molecular complexity index is 1070. The fourth-order valence-corrected chi connectivity index (χ4v) is 2.80. The molecule has 0 aromatic carbocycles. The van der Waals surface area contributed by atoms with Crippen molar-refractivity contribution in [3.63, 3.8) is 0 Å². The number of pyridine rings is 3. The number of hydrogen-bond donors (Lipinski definition) is 3. The number of hydrazone groups is 1. The van der Waals surface area contributed by atoms with E-state index < -0.39 is 0 Å². The first kappa shape index (κ1) is 20.9. The number of carbonyl (C=O) groups is 1. The van der Waals surface area contributed by atoms with Gasteiger partial charge in [0.2, 0.25) is 0 Å². The van der Waals surface area contributed by atoms with E-state index in [2.05, 4.69) is 25.4 Å². The van der Waals surface area contributed by atoms with Crippen molar-refractivity contribution in [2.75, 3.05) is 5.32 Å². The molecule has 3 aromatic rings. The number of anilines is 1. The van der Waals surface area contributed by atoms with Crippen LogP contribution in [0.4, 0.5) is 5.82 Å². The van der Waals surface area contributed by atoms with Gasteiger partial charge in [-0.25, -0.2) is 10.8 Å². The number of rotatable bonds is 5. The maximum absolute atomic E-state index is 12.8. The molecule has 0 aliphatic heterocycles. The number of amidine groups is 1. The van der Waals surface area contributed by atoms with Crippen LogP contribution < -0.4 is 17.0 Å². The molecule has 3 aromatic heterocycles. The highest BCUT2D eigenvalue weighted by molar-refractivity contribution is 6.03. The zero-order valence-electron chi connectivity index (χ0n) is 17.1. The molecule has 0 radical (unpaired) electrons. The minimum atomic E-state index is -0.385. The zero-order chi connectivity index (χ0) is 21.7. The molecule has 0 bridgehead atoms. The van der Waals surface area contributed by atoms with Crippen LogP contribution in [0.25, 0.3) is 11.1 Å². The van der Waals surface area contributed by atoms with Gasteiger partial charge in [0, 0.05) is 30.2 Å². The Labute approximate surface area is 174 Å². The fourth-order valence-electron chi connectivity index (χ4n) is 2.80. The maximum Gasteiger partial charge on any atom is 0.275 e. The lowest BCUT2D eigenvalue weighted by atomic mass is 10.0. The molecule has 0 unspecified atom stereocenters. The largest absolute Gasteiger partial charge is 0.321 e. The molecule has 0 fully saturated rings. The van der Waals surface area contributed by atoms with Gasteiger partial charge in [-0.15, -0.1) is 0 Å².